The van der Waals surface area contributed by atoms with Gasteiger partial charge in [0.15, 0.2) is 0 Å². The quantitative estimate of drug-likeness (QED) is 0.175. The van der Waals surface area contributed by atoms with Crippen LogP contribution in [0, 0.1) is 5.82 Å². The van der Waals surface area contributed by atoms with E-state index in [-0.39, 0.29) is 11.1 Å². The Labute approximate surface area is 189 Å². The van der Waals surface area contributed by atoms with Crippen molar-refractivity contribution in [2.45, 2.75) is 55.5 Å². The number of carbonyl (C=O) groups is 3. The van der Waals surface area contributed by atoms with Gasteiger partial charge in [-0.15, -0.1) is 0 Å². The fourth-order valence-electron chi connectivity index (χ4n) is 2.85. The van der Waals surface area contributed by atoms with Gasteiger partial charge < -0.3 is 18.9 Å². The predicted octanol–water partition coefficient (Wildman–Crippen LogP) is 3.51. The third kappa shape index (κ3) is 7.10. The van der Waals surface area contributed by atoms with E-state index < -0.39 is 53.5 Å². The lowest BCUT2D eigenvalue weighted by Crippen LogP contribution is -2.59. The number of carbonyl (C=O) groups excluding carboxylic acids is 3. The molecule has 1 aliphatic heterocycles. The Hall–Kier alpha value is -2.34. The number of hydrogen-bond acceptors (Lipinski definition) is 9. The number of hydrogen-bond donors (Lipinski definition) is 0. The summed E-state index contributed by atoms with van der Waals surface area (Å²) in [7, 11) is 0. The number of benzene rings is 1. The molecule has 1 aromatic rings. The van der Waals surface area contributed by atoms with Crippen molar-refractivity contribution in [1.82, 2.24) is 0 Å². The fourth-order valence-corrected chi connectivity index (χ4v) is 4.53. The molecule has 10 nitrogen and oxygen atoms in total. The Balaban J connectivity index is 2.44. The van der Waals surface area contributed by atoms with Gasteiger partial charge in [0.25, 0.3) is 0 Å². The molecule has 5 atom stereocenters. The second kappa shape index (κ2) is 11.3. The molecule has 0 aliphatic carbocycles. The van der Waals surface area contributed by atoms with Gasteiger partial charge in [0, 0.05) is 30.6 Å². The highest BCUT2D eigenvalue weighted by molar-refractivity contribution is 9.10. The number of nitrogens with zero attached hydrogens (tertiary/aromatic N) is 3. The van der Waals surface area contributed by atoms with Crippen molar-refractivity contribution in [2.24, 2.45) is 5.11 Å². The van der Waals surface area contributed by atoms with Gasteiger partial charge in [-0.3, -0.25) is 14.4 Å². The molecule has 1 aromatic carbocycles. The number of esters is 3. The summed E-state index contributed by atoms with van der Waals surface area (Å²) >= 11 is 4.16. The first-order chi connectivity index (χ1) is 14.6. The van der Waals surface area contributed by atoms with Crippen LogP contribution in [-0.4, -0.2) is 54.3 Å². The van der Waals surface area contributed by atoms with E-state index in [1.165, 1.54) is 25.1 Å². The van der Waals surface area contributed by atoms with Crippen molar-refractivity contribution in [3.63, 3.8) is 0 Å². The van der Waals surface area contributed by atoms with Crippen LogP contribution in [0.2, 0.25) is 0 Å². The summed E-state index contributed by atoms with van der Waals surface area (Å²) in [5.41, 5.74) is 8.11. The molecule has 2 rings (SSSR count). The van der Waals surface area contributed by atoms with Gasteiger partial charge in [-0.25, -0.2) is 4.39 Å². The molecule has 31 heavy (non-hydrogen) atoms. The van der Waals surface area contributed by atoms with E-state index in [4.69, 9.17) is 24.5 Å². The third-order valence-corrected chi connectivity index (χ3v) is 5.75. The summed E-state index contributed by atoms with van der Waals surface area (Å²) in [6.45, 7) is 3.20. The van der Waals surface area contributed by atoms with E-state index in [1.54, 1.807) is 0 Å². The molecule has 0 bridgehead atoms. The van der Waals surface area contributed by atoms with Gasteiger partial charge in [0.05, 0.1) is 4.47 Å². The van der Waals surface area contributed by atoms with Gasteiger partial charge in [-0.2, -0.15) is 0 Å². The summed E-state index contributed by atoms with van der Waals surface area (Å²) < 4.78 is 35.4. The first kappa shape index (κ1) is 24.9. The van der Waals surface area contributed by atoms with Crippen LogP contribution >= 0.6 is 27.7 Å². The minimum Gasteiger partial charge on any atom is -0.463 e. The van der Waals surface area contributed by atoms with Crippen LogP contribution < -0.4 is 0 Å². The Bertz CT molecular complexity index is 899. The van der Waals surface area contributed by atoms with Crippen LogP contribution in [-0.2, 0) is 33.3 Å². The molecule has 1 saturated heterocycles. The lowest BCUT2D eigenvalue weighted by Gasteiger charge is -2.43. The second-order valence-electron chi connectivity index (χ2n) is 6.38. The molecular weight excluding hydrogens is 501 g/mol. The largest absolute Gasteiger partial charge is 0.463 e. The van der Waals surface area contributed by atoms with Crippen LogP contribution in [0.4, 0.5) is 4.39 Å². The second-order valence-corrected chi connectivity index (χ2v) is 8.41. The number of halogens is 2. The van der Waals surface area contributed by atoms with E-state index in [9.17, 15) is 18.8 Å². The lowest BCUT2D eigenvalue weighted by molar-refractivity contribution is -0.201. The maximum atomic E-state index is 13.6. The SMILES string of the molecule is CC(=O)OCC1O[C@H](Sc2ccc(F)c(Br)c2)C(OC(C)=O)[C@@H](N=[N+]=[N-])[C@H]1OC(C)=O. The average Bonchev–Trinajstić information content (AvgIpc) is 2.67. The summed E-state index contributed by atoms with van der Waals surface area (Å²) in [5.74, 6) is -2.45. The number of rotatable bonds is 7. The van der Waals surface area contributed by atoms with Crippen molar-refractivity contribution < 1.29 is 37.7 Å². The molecule has 0 aromatic heterocycles. The van der Waals surface area contributed by atoms with Gasteiger partial charge in [-0.05, 0) is 39.7 Å². The minimum absolute atomic E-state index is 0.207. The summed E-state index contributed by atoms with van der Waals surface area (Å²) in [6.07, 6.45) is -3.36. The van der Waals surface area contributed by atoms with Crippen molar-refractivity contribution in [3.05, 3.63) is 38.9 Å². The first-order valence-electron chi connectivity index (χ1n) is 8.91. The molecule has 1 heterocycles. The van der Waals surface area contributed by atoms with Crippen LogP contribution in [0.25, 0.3) is 10.4 Å². The monoisotopic (exact) mass is 519 g/mol. The topological polar surface area (TPSA) is 137 Å². The molecule has 0 N–H and O–H groups in total. The van der Waals surface area contributed by atoms with E-state index in [2.05, 4.69) is 26.0 Å². The molecule has 1 aliphatic rings. The van der Waals surface area contributed by atoms with Crippen LogP contribution in [0.15, 0.2) is 32.7 Å². The summed E-state index contributed by atoms with van der Waals surface area (Å²) in [5, 5.41) is 3.68. The highest BCUT2D eigenvalue weighted by Gasteiger charge is 2.50. The van der Waals surface area contributed by atoms with Crippen molar-refractivity contribution in [1.29, 1.82) is 0 Å². The van der Waals surface area contributed by atoms with Gasteiger partial charge in [0.2, 0.25) is 0 Å². The van der Waals surface area contributed by atoms with Crippen LogP contribution in [0.3, 0.4) is 0 Å². The minimum atomic E-state index is -1.19. The van der Waals surface area contributed by atoms with Crippen molar-refractivity contribution in [3.8, 4) is 0 Å². The van der Waals surface area contributed by atoms with Gasteiger partial charge in [0.1, 0.15) is 42.2 Å². The fraction of sp³-hybridized carbons (Fsp3) is 0.500. The smallest absolute Gasteiger partial charge is 0.303 e. The number of azide groups is 1. The van der Waals surface area contributed by atoms with Crippen molar-refractivity contribution >= 4 is 45.6 Å². The van der Waals surface area contributed by atoms with E-state index >= 15 is 0 Å². The third-order valence-electron chi connectivity index (χ3n) is 4.00. The molecule has 0 saturated carbocycles. The summed E-state index contributed by atoms with van der Waals surface area (Å²) in [4.78, 5) is 38.0. The zero-order valence-electron chi connectivity index (χ0n) is 16.7. The zero-order chi connectivity index (χ0) is 23.1. The maximum absolute atomic E-state index is 13.6. The lowest BCUT2D eigenvalue weighted by atomic mass is 9.97. The Morgan fingerprint density at radius 3 is 2.39 bits per heavy atom. The highest BCUT2D eigenvalue weighted by atomic mass is 79.9. The van der Waals surface area contributed by atoms with E-state index in [0.717, 1.165) is 25.6 Å². The normalized spacial score (nSPS) is 25.1. The van der Waals surface area contributed by atoms with E-state index in [1.807, 2.05) is 0 Å². The Morgan fingerprint density at radius 1 is 1.19 bits per heavy atom. The van der Waals surface area contributed by atoms with Crippen LogP contribution in [0.1, 0.15) is 20.8 Å². The Kier molecular flexibility index (Phi) is 9.11. The molecule has 168 valence electrons. The Morgan fingerprint density at radius 2 is 1.84 bits per heavy atom. The van der Waals surface area contributed by atoms with Gasteiger partial charge in [-0.1, -0.05) is 16.9 Å². The van der Waals surface area contributed by atoms with E-state index in [0.29, 0.717) is 4.90 Å². The van der Waals surface area contributed by atoms with Crippen LogP contribution in [0.5, 0.6) is 0 Å². The molecular formula is C18H19BrFN3O7S. The zero-order valence-corrected chi connectivity index (χ0v) is 19.1. The maximum Gasteiger partial charge on any atom is 0.303 e. The predicted molar refractivity (Wildman–Crippen MR) is 109 cm³/mol. The molecule has 2 unspecified atom stereocenters. The molecule has 0 spiro atoms. The average molecular weight is 520 g/mol. The highest BCUT2D eigenvalue weighted by Crippen LogP contribution is 2.38. The number of thioether (sulfide) groups is 1. The molecule has 0 amide bonds. The summed E-state index contributed by atoms with van der Waals surface area (Å²) in [6, 6.07) is 3.05. The number of ether oxygens (including phenoxy) is 4. The van der Waals surface area contributed by atoms with Gasteiger partial charge >= 0.3 is 17.9 Å². The van der Waals surface area contributed by atoms with Crippen molar-refractivity contribution in [2.75, 3.05) is 6.61 Å². The molecule has 13 heteroatoms. The first-order valence-corrected chi connectivity index (χ1v) is 10.6. The standard InChI is InChI=1S/C18H19BrFN3O7S/c1-8(24)27-7-14-16(28-9(2)25)15(22-23-21)17(29-10(3)26)18(30-14)31-11-4-5-13(20)12(19)6-11/h4-6,14-18H,7H2,1-3H3/t14?,15-,16-,17?,18+/m0/s1. The molecule has 1 fully saturated rings. The molecule has 0 radical (unpaired) electrons.